The van der Waals surface area contributed by atoms with Crippen molar-refractivity contribution in [2.75, 3.05) is 0 Å². The van der Waals surface area contributed by atoms with Gasteiger partial charge in [-0.15, -0.1) is 10.2 Å². The van der Waals surface area contributed by atoms with Crippen molar-refractivity contribution in [1.82, 2.24) is 24.7 Å². The van der Waals surface area contributed by atoms with Crippen molar-refractivity contribution >= 4 is 5.91 Å². The van der Waals surface area contributed by atoms with Crippen LogP contribution in [0.25, 0.3) is 17.2 Å². The molecule has 104 valence electrons. The van der Waals surface area contributed by atoms with Crippen molar-refractivity contribution in [3.05, 3.63) is 54.2 Å². The molecule has 7 heteroatoms. The summed E-state index contributed by atoms with van der Waals surface area (Å²) >= 11 is 0. The third kappa shape index (κ3) is 2.48. The van der Waals surface area contributed by atoms with E-state index in [0.29, 0.717) is 11.5 Å². The fourth-order valence-electron chi connectivity index (χ4n) is 1.92. The van der Waals surface area contributed by atoms with E-state index < -0.39 is 5.91 Å². The number of nitrogens with zero attached hydrogens (tertiary/aromatic N) is 5. The molecule has 3 rings (SSSR count). The highest BCUT2D eigenvalue weighted by atomic mass is 16.1. The molecule has 0 fully saturated rings. The number of imidazole rings is 1. The molecule has 3 aromatic rings. The highest BCUT2D eigenvalue weighted by Gasteiger charge is 2.09. The molecule has 0 radical (unpaired) electrons. The summed E-state index contributed by atoms with van der Waals surface area (Å²) in [6, 6.07) is 7.44. The Hall–Kier alpha value is -3.09. The number of nitrogens with two attached hydrogens (primary N) is 1. The van der Waals surface area contributed by atoms with Crippen LogP contribution in [0.2, 0.25) is 0 Å². The molecular weight excluding hydrogens is 268 g/mol. The van der Waals surface area contributed by atoms with Crippen LogP contribution in [0.4, 0.5) is 0 Å². The number of aryl methyl sites for hydroxylation is 1. The molecule has 3 heterocycles. The van der Waals surface area contributed by atoms with Gasteiger partial charge in [-0.2, -0.15) is 0 Å². The summed E-state index contributed by atoms with van der Waals surface area (Å²) in [7, 11) is 0. The summed E-state index contributed by atoms with van der Waals surface area (Å²) < 4.78 is 1.59. The Labute approximate surface area is 120 Å². The molecule has 0 saturated heterocycles. The first-order valence-corrected chi connectivity index (χ1v) is 6.25. The molecule has 0 aromatic carbocycles. The standard InChI is InChI=1S/C14H12N6O/c1-9-3-2-6-16-13(9)10-4-5-12(19-18-10)20-7-11(14(15)21)17-8-20/h2-8H,1H3,(H2,15,21). The van der Waals surface area contributed by atoms with Gasteiger partial charge in [0.2, 0.25) is 0 Å². The lowest BCUT2D eigenvalue weighted by Crippen LogP contribution is -2.11. The van der Waals surface area contributed by atoms with E-state index in [0.717, 1.165) is 11.3 Å². The van der Waals surface area contributed by atoms with E-state index in [9.17, 15) is 4.79 Å². The van der Waals surface area contributed by atoms with Crippen LogP contribution in [0.3, 0.4) is 0 Å². The number of carbonyl (C=O) groups excluding carboxylic acids is 1. The molecular formula is C14H12N6O. The predicted molar refractivity (Wildman–Crippen MR) is 75.6 cm³/mol. The minimum absolute atomic E-state index is 0.182. The van der Waals surface area contributed by atoms with E-state index in [-0.39, 0.29) is 5.69 Å². The summed E-state index contributed by atoms with van der Waals surface area (Å²) in [6.45, 7) is 1.97. The first-order chi connectivity index (χ1) is 10.1. The number of carbonyl (C=O) groups is 1. The van der Waals surface area contributed by atoms with E-state index in [1.54, 1.807) is 16.8 Å². The van der Waals surface area contributed by atoms with Crippen LogP contribution in [0.15, 0.2) is 43.0 Å². The molecule has 0 atom stereocenters. The number of aromatic nitrogens is 5. The topological polar surface area (TPSA) is 99.6 Å². The van der Waals surface area contributed by atoms with Gasteiger partial charge in [0, 0.05) is 12.4 Å². The maximum absolute atomic E-state index is 11.0. The van der Waals surface area contributed by atoms with Crippen molar-refractivity contribution in [2.24, 2.45) is 5.73 Å². The second-order valence-electron chi connectivity index (χ2n) is 4.48. The lowest BCUT2D eigenvalue weighted by atomic mass is 10.1. The maximum atomic E-state index is 11.0. The van der Waals surface area contributed by atoms with Gasteiger partial charge in [0.1, 0.15) is 17.7 Å². The van der Waals surface area contributed by atoms with E-state index in [1.807, 2.05) is 25.1 Å². The molecule has 0 aliphatic heterocycles. The average Bonchev–Trinajstić information content (AvgIpc) is 2.98. The molecule has 2 N–H and O–H groups in total. The van der Waals surface area contributed by atoms with Crippen LogP contribution >= 0.6 is 0 Å². The van der Waals surface area contributed by atoms with E-state index in [1.165, 1.54) is 12.5 Å². The highest BCUT2D eigenvalue weighted by Crippen LogP contribution is 2.18. The van der Waals surface area contributed by atoms with Gasteiger partial charge in [0.05, 0.1) is 5.69 Å². The molecule has 3 aromatic heterocycles. The lowest BCUT2D eigenvalue weighted by molar-refractivity contribution is 0.0996. The molecule has 0 spiro atoms. The van der Waals surface area contributed by atoms with Crippen LogP contribution in [-0.2, 0) is 0 Å². The molecule has 0 aliphatic rings. The number of pyridine rings is 1. The van der Waals surface area contributed by atoms with Gasteiger partial charge >= 0.3 is 0 Å². The fourth-order valence-corrected chi connectivity index (χ4v) is 1.92. The SMILES string of the molecule is Cc1cccnc1-c1ccc(-n2cnc(C(N)=O)c2)nn1. The first kappa shape index (κ1) is 12.9. The number of primary amides is 1. The maximum Gasteiger partial charge on any atom is 0.268 e. The summed E-state index contributed by atoms with van der Waals surface area (Å²) in [5.74, 6) is -0.0326. The summed E-state index contributed by atoms with van der Waals surface area (Å²) in [6.07, 6.45) is 4.70. The summed E-state index contributed by atoms with van der Waals surface area (Å²) in [5, 5.41) is 8.28. The zero-order valence-corrected chi connectivity index (χ0v) is 11.3. The Bertz CT molecular complexity index is 793. The zero-order valence-electron chi connectivity index (χ0n) is 11.3. The number of hydrogen-bond acceptors (Lipinski definition) is 5. The van der Waals surface area contributed by atoms with Crippen molar-refractivity contribution < 1.29 is 4.79 Å². The van der Waals surface area contributed by atoms with Gasteiger partial charge < -0.3 is 5.73 Å². The largest absolute Gasteiger partial charge is 0.364 e. The van der Waals surface area contributed by atoms with Crippen LogP contribution in [0.5, 0.6) is 0 Å². The Morgan fingerprint density at radius 3 is 2.67 bits per heavy atom. The quantitative estimate of drug-likeness (QED) is 0.775. The number of rotatable bonds is 3. The first-order valence-electron chi connectivity index (χ1n) is 6.25. The number of amides is 1. The van der Waals surface area contributed by atoms with Crippen LogP contribution in [0, 0.1) is 6.92 Å². The Balaban J connectivity index is 1.94. The van der Waals surface area contributed by atoms with Crippen LogP contribution in [-0.4, -0.2) is 30.6 Å². The summed E-state index contributed by atoms with van der Waals surface area (Å²) in [5.41, 5.74) is 7.85. The van der Waals surface area contributed by atoms with Crippen LogP contribution < -0.4 is 5.73 Å². The fraction of sp³-hybridized carbons (Fsp3) is 0.0714. The average molecular weight is 280 g/mol. The molecule has 1 amide bonds. The lowest BCUT2D eigenvalue weighted by Gasteiger charge is -2.04. The van der Waals surface area contributed by atoms with Gasteiger partial charge in [0.15, 0.2) is 5.82 Å². The normalized spacial score (nSPS) is 10.5. The second-order valence-corrected chi connectivity index (χ2v) is 4.48. The highest BCUT2D eigenvalue weighted by molar-refractivity contribution is 5.90. The van der Waals surface area contributed by atoms with Crippen molar-refractivity contribution in [2.45, 2.75) is 6.92 Å². The van der Waals surface area contributed by atoms with Crippen molar-refractivity contribution in [3.8, 4) is 17.2 Å². The van der Waals surface area contributed by atoms with Crippen LogP contribution in [0.1, 0.15) is 16.1 Å². The molecule has 7 nitrogen and oxygen atoms in total. The van der Waals surface area contributed by atoms with E-state index >= 15 is 0 Å². The minimum Gasteiger partial charge on any atom is -0.364 e. The molecule has 21 heavy (non-hydrogen) atoms. The predicted octanol–water partition coefficient (Wildman–Crippen LogP) is 1.13. The van der Waals surface area contributed by atoms with Gasteiger partial charge in [-0.05, 0) is 30.7 Å². The second kappa shape index (κ2) is 5.12. The Kier molecular flexibility index (Phi) is 3.15. The number of hydrogen-bond donors (Lipinski definition) is 1. The molecule has 0 unspecified atom stereocenters. The molecule has 0 saturated carbocycles. The summed E-state index contributed by atoms with van der Waals surface area (Å²) in [4.78, 5) is 19.2. The monoisotopic (exact) mass is 280 g/mol. The van der Waals surface area contributed by atoms with Crippen molar-refractivity contribution in [1.29, 1.82) is 0 Å². The van der Waals surface area contributed by atoms with E-state index in [2.05, 4.69) is 20.2 Å². The zero-order chi connectivity index (χ0) is 14.8. The minimum atomic E-state index is -0.581. The third-order valence-electron chi connectivity index (χ3n) is 3.00. The molecule has 0 bridgehead atoms. The van der Waals surface area contributed by atoms with Gasteiger partial charge in [-0.3, -0.25) is 14.3 Å². The van der Waals surface area contributed by atoms with Crippen molar-refractivity contribution in [3.63, 3.8) is 0 Å². The molecule has 0 aliphatic carbocycles. The Morgan fingerprint density at radius 1 is 1.19 bits per heavy atom. The van der Waals surface area contributed by atoms with Gasteiger partial charge in [-0.25, -0.2) is 4.98 Å². The van der Waals surface area contributed by atoms with Gasteiger partial charge in [-0.1, -0.05) is 6.07 Å². The van der Waals surface area contributed by atoms with E-state index in [4.69, 9.17) is 5.73 Å². The van der Waals surface area contributed by atoms with Gasteiger partial charge in [0.25, 0.3) is 5.91 Å². The Morgan fingerprint density at radius 2 is 2.05 bits per heavy atom. The third-order valence-corrected chi connectivity index (χ3v) is 3.00. The smallest absolute Gasteiger partial charge is 0.268 e.